The average molecular weight is 232 g/mol. The second-order valence-electron chi connectivity index (χ2n) is 3.41. The van der Waals surface area contributed by atoms with Crippen LogP contribution in [0.4, 0.5) is 0 Å². The number of phenolic OH excluding ortho intramolecular Hbond substituents is 1. The first-order valence-electron chi connectivity index (χ1n) is 5.21. The SMILES string of the molecule is CCc1n[nH]c(=O)n1/N=C/c1ccccc1O. The Morgan fingerprint density at radius 1 is 1.53 bits per heavy atom. The van der Waals surface area contributed by atoms with Crippen molar-refractivity contribution in [2.24, 2.45) is 5.10 Å². The zero-order chi connectivity index (χ0) is 12.3. The lowest BCUT2D eigenvalue weighted by molar-refractivity contribution is 0.474. The Kier molecular flexibility index (Phi) is 3.04. The smallest absolute Gasteiger partial charge is 0.364 e. The predicted octanol–water partition coefficient (Wildman–Crippen LogP) is 0.722. The van der Waals surface area contributed by atoms with Crippen LogP contribution >= 0.6 is 0 Å². The van der Waals surface area contributed by atoms with Gasteiger partial charge in [-0.15, -0.1) is 0 Å². The van der Waals surface area contributed by atoms with Crippen molar-refractivity contribution in [3.63, 3.8) is 0 Å². The monoisotopic (exact) mass is 232 g/mol. The van der Waals surface area contributed by atoms with Crippen LogP contribution in [0, 0.1) is 0 Å². The molecular weight excluding hydrogens is 220 g/mol. The fraction of sp³-hybridized carbons (Fsp3) is 0.182. The maximum atomic E-state index is 11.4. The number of hydrogen-bond donors (Lipinski definition) is 2. The van der Waals surface area contributed by atoms with E-state index in [-0.39, 0.29) is 5.75 Å². The molecule has 0 saturated carbocycles. The van der Waals surface area contributed by atoms with Gasteiger partial charge < -0.3 is 5.11 Å². The molecule has 88 valence electrons. The molecule has 2 rings (SSSR count). The van der Waals surface area contributed by atoms with Crippen LogP contribution in [0.1, 0.15) is 18.3 Å². The van der Waals surface area contributed by atoms with E-state index < -0.39 is 5.69 Å². The number of hydrogen-bond acceptors (Lipinski definition) is 4. The molecule has 6 nitrogen and oxygen atoms in total. The van der Waals surface area contributed by atoms with Gasteiger partial charge in [-0.2, -0.15) is 14.9 Å². The van der Waals surface area contributed by atoms with E-state index in [2.05, 4.69) is 15.3 Å². The fourth-order valence-electron chi connectivity index (χ4n) is 1.39. The zero-order valence-corrected chi connectivity index (χ0v) is 9.29. The highest BCUT2D eigenvalue weighted by molar-refractivity contribution is 5.83. The van der Waals surface area contributed by atoms with Gasteiger partial charge in [-0.05, 0) is 12.1 Å². The highest BCUT2D eigenvalue weighted by Crippen LogP contribution is 2.12. The van der Waals surface area contributed by atoms with E-state index >= 15 is 0 Å². The van der Waals surface area contributed by atoms with Crippen LogP contribution < -0.4 is 5.69 Å². The van der Waals surface area contributed by atoms with Crippen molar-refractivity contribution in [1.29, 1.82) is 0 Å². The van der Waals surface area contributed by atoms with E-state index in [9.17, 15) is 9.90 Å². The second-order valence-corrected chi connectivity index (χ2v) is 3.41. The summed E-state index contributed by atoms with van der Waals surface area (Å²) in [5.74, 6) is 0.660. The molecule has 0 amide bonds. The van der Waals surface area contributed by atoms with E-state index in [0.29, 0.717) is 17.8 Å². The number of rotatable bonds is 3. The van der Waals surface area contributed by atoms with Crippen molar-refractivity contribution in [3.8, 4) is 5.75 Å². The summed E-state index contributed by atoms with van der Waals surface area (Å²) in [5, 5.41) is 19.7. The summed E-state index contributed by atoms with van der Waals surface area (Å²) in [4.78, 5) is 11.4. The van der Waals surface area contributed by atoms with E-state index in [4.69, 9.17) is 0 Å². The third-order valence-corrected chi connectivity index (χ3v) is 2.28. The molecular formula is C11H12N4O2. The number of aryl methyl sites for hydroxylation is 1. The number of aromatic hydroxyl groups is 1. The topological polar surface area (TPSA) is 83.3 Å². The summed E-state index contributed by atoms with van der Waals surface area (Å²) in [5.41, 5.74) is 0.149. The number of aromatic nitrogens is 3. The summed E-state index contributed by atoms with van der Waals surface area (Å²) >= 11 is 0. The van der Waals surface area contributed by atoms with Crippen molar-refractivity contribution < 1.29 is 5.11 Å². The number of nitrogens with one attached hydrogen (secondary N) is 1. The van der Waals surface area contributed by atoms with Gasteiger partial charge in [0, 0.05) is 12.0 Å². The Hall–Kier alpha value is -2.37. The van der Waals surface area contributed by atoms with Gasteiger partial charge >= 0.3 is 5.69 Å². The van der Waals surface area contributed by atoms with Crippen molar-refractivity contribution in [2.75, 3.05) is 0 Å². The van der Waals surface area contributed by atoms with Crippen LogP contribution in [0.25, 0.3) is 0 Å². The summed E-state index contributed by atoms with van der Waals surface area (Å²) in [6.45, 7) is 1.88. The number of nitrogens with zero attached hydrogens (tertiary/aromatic N) is 3. The van der Waals surface area contributed by atoms with Crippen LogP contribution in [0.15, 0.2) is 34.2 Å². The normalized spacial score (nSPS) is 11.1. The lowest BCUT2D eigenvalue weighted by Crippen LogP contribution is -2.14. The van der Waals surface area contributed by atoms with Gasteiger partial charge in [-0.1, -0.05) is 19.1 Å². The number of H-pyrrole nitrogens is 1. The molecule has 1 heterocycles. The minimum atomic E-state index is -0.395. The molecule has 0 aliphatic rings. The van der Waals surface area contributed by atoms with Crippen molar-refractivity contribution >= 4 is 6.21 Å². The minimum absolute atomic E-state index is 0.117. The molecule has 1 aromatic heterocycles. The third-order valence-electron chi connectivity index (χ3n) is 2.28. The standard InChI is InChI=1S/C11H12N4O2/c1-2-10-13-14-11(17)15(10)12-7-8-5-3-4-6-9(8)16/h3-7,16H,2H2,1H3,(H,14,17)/b12-7+. The van der Waals surface area contributed by atoms with Crippen LogP contribution in [0.2, 0.25) is 0 Å². The first-order chi connectivity index (χ1) is 8.22. The molecule has 17 heavy (non-hydrogen) atoms. The molecule has 0 radical (unpaired) electrons. The summed E-state index contributed by atoms with van der Waals surface area (Å²) in [7, 11) is 0. The lowest BCUT2D eigenvalue weighted by atomic mass is 10.2. The molecule has 0 unspecified atom stereocenters. The van der Waals surface area contributed by atoms with Gasteiger partial charge in [-0.25, -0.2) is 9.89 Å². The fourth-order valence-corrected chi connectivity index (χ4v) is 1.39. The molecule has 0 fully saturated rings. The van der Waals surface area contributed by atoms with Crippen molar-refractivity contribution in [1.82, 2.24) is 14.9 Å². The Balaban J connectivity index is 2.35. The van der Waals surface area contributed by atoms with Crippen LogP contribution in [-0.2, 0) is 6.42 Å². The summed E-state index contributed by atoms with van der Waals surface area (Å²) < 4.78 is 1.17. The Bertz CT molecular complexity index is 598. The van der Waals surface area contributed by atoms with E-state index in [0.717, 1.165) is 0 Å². The number of aromatic amines is 1. The third kappa shape index (κ3) is 2.25. The summed E-state index contributed by atoms with van der Waals surface area (Å²) in [6.07, 6.45) is 2.02. The zero-order valence-electron chi connectivity index (χ0n) is 9.29. The van der Waals surface area contributed by atoms with E-state index in [1.54, 1.807) is 24.3 Å². The lowest BCUT2D eigenvalue weighted by Gasteiger charge is -1.97. The molecule has 0 atom stereocenters. The van der Waals surface area contributed by atoms with Gasteiger partial charge in [0.2, 0.25) is 0 Å². The van der Waals surface area contributed by atoms with Gasteiger partial charge in [0.05, 0.1) is 6.21 Å². The Morgan fingerprint density at radius 2 is 2.29 bits per heavy atom. The molecule has 0 bridgehead atoms. The average Bonchev–Trinajstić information content (AvgIpc) is 2.69. The van der Waals surface area contributed by atoms with E-state index in [1.165, 1.54) is 10.9 Å². The second kappa shape index (κ2) is 4.65. The molecule has 1 aromatic carbocycles. The molecule has 0 aliphatic heterocycles. The predicted molar refractivity (Wildman–Crippen MR) is 63.3 cm³/mol. The van der Waals surface area contributed by atoms with Crippen LogP contribution in [-0.4, -0.2) is 26.2 Å². The van der Waals surface area contributed by atoms with Crippen molar-refractivity contribution in [2.45, 2.75) is 13.3 Å². The van der Waals surface area contributed by atoms with Crippen LogP contribution in [0.3, 0.4) is 0 Å². The maximum Gasteiger partial charge on any atom is 0.364 e. The Morgan fingerprint density at radius 3 is 3.00 bits per heavy atom. The quantitative estimate of drug-likeness (QED) is 0.765. The van der Waals surface area contributed by atoms with Gasteiger partial charge in [0.15, 0.2) is 5.82 Å². The Labute approximate surface area is 97.2 Å². The molecule has 0 aliphatic carbocycles. The number of para-hydroxylation sites is 1. The van der Waals surface area contributed by atoms with Crippen molar-refractivity contribution in [3.05, 3.63) is 46.1 Å². The van der Waals surface area contributed by atoms with Gasteiger partial charge in [0.1, 0.15) is 5.75 Å². The molecule has 0 spiro atoms. The molecule has 2 aromatic rings. The number of benzene rings is 1. The molecule has 2 N–H and O–H groups in total. The van der Waals surface area contributed by atoms with Crippen LogP contribution in [0.5, 0.6) is 5.75 Å². The van der Waals surface area contributed by atoms with E-state index in [1.807, 2.05) is 6.92 Å². The van der Waals surface area contributed by atoms with Gasteiger partial charge in [-0.3, -0.25) is 0 Å². The first kappa shape index (κ1) is 11.1. The minimum Gasteiger partial charge on any atom is -0.507 e. The largest absolute Gasteiger partial charge is 0.507 e. The molecule has 0 saturated heterocycles. The number of phenols is 1. The molecule has 6 heteroatoms. The van der Waals surface area contributed by atoms with Gasteiger partial charge in [0.25, 0.3) is 0 Å². The highest BCUT2D eigenvalue weighted by atomic mass is 16.3. The maximum absolute atomic E-state index is 11.4. The first-order valence-corrected chi connectivity index (χ1v) is 5.21. The summed E-state index contributed by atoms with van der Waals surface area (Å²) in [6, 6.07) is 6.75. The highest BCUT2D eigenvalue weighted by Gasteiger charge is 2.04.